The molecule has 0 unspecified atom stereocenters. The molecule has 1 fully saturated rings. The van der Waals surface area contributed by atoms with Crippen LogP contribution in [0.5, 0.6) is 0 Å². The molecule has 0 aliphatic heterocycles. The van der Waals surface area contributed by atoms with Crippen LogP contribution in [0.3, 0.4) is 0 Å². The van der Waals surface area contributed by atoms with Crippen molar-refractivity contribution in [1.82, 2.24) is 0 Å². The molecular weight excluding hydrogens is 255 g/mol. The third-order valence-corrected chi connectivity index (χ3v) is 3.30. The topological polar surface area (TPSA) is 41.1 Å². The summed E-state index contributed by atoms with van der Waals surface area (Å²) in [5.74, 6) is -0.878. The maximum Gasteiger partial charge on any atom is 0.221 e. The van der Waals surface area contributed by atoms with Gasteiger partial charge in [-0.15, -0.1) is 0 Å². The molecule has 0 heterocycles. The van der Waals surface area contributed by atoms with Gasteiger partial charge >= 0.3 is 0 Å². The number of amides is 1. The Morgan fingerprint density at radius 2 is 2.17 bits per heavy atom. The van der Waals surface area contributed by atoms with Gasteiger partial charge in [-0.2, -0.15) is 0 Å². The van der Waals surface area contributed by atoms with E-state index in [1.54, 1.807) is 6.07 Å². The van der Waals surface area contributed by atoms with Crippen LogP contribution in [0.1, 0.15) is 32.3 Å². The first-order valence-electron chi connectivity index (χ1n) is 6.08. The van der Waals surface area contributed by atoms with Gasteiger partial charge in [-0.1, -0.05) is 18.5 Å². The van der Waals surface area contributed by atoms with Crippen molar-refractivity contribution in [3.63, 3.8) is 0 Å². The van der Waals surface area contributed by atoms with Crippen molar-refractivity contribution in [3.8, 4) is 0 Å². The molecular formula is C13H16ClFN2O. The van der Waals surface area contributed by atoms with Crippen molar-refractivity contribution in [2.24, 2.45) is 0 Å². The molecule has 1 aromatic rings. The van der Waals surface area contributed by atoms with Crippen LogP contribution < -0.4 is 10.6 Å². The van der Waals surface area contributed by atoms with Crippen LogP contribution >= 0.6 is 11.6 Å². The van der Waals surface area contributed by atoms with Crippen LogP contribution in [-0.2, 0) is 11.2 Å². The molecule has 1 aliphatic rings. The zero-order valence-electron chi connectivity index (χ0n) is 10.4. The van der Waals surface area contributed by atoms with Gasteiger partial charge in [-0.3, -0.25) is 4.79 Å². The average molecular weight is 271 g/mol. The van der Waals surface area contributed by atoms with Gasteiger partial charge in [0.2, 0.25) is 5.91 Å². The van der Waals surface area contributed by atoms with E-state index in [1.165, 1.54) is 6.92 Å². The molecule has 1 aromatic carbocycles. The Kier molecular flexibility index (Phi) is 3.76. The third kappa shape index (κ3) is 2.75. The summed E-state index contributed by atoms with van der Waals surface area (Å²) in [7, 11) is 0. The third-order valence-electron chi connectivity index (χ3n) is 2.91. The molecule has 3 nitrogen and oxygen atoms in total. The summed E-state index contributed by atoms with van der Waals surface area (Å²) in [6.45, 7) is 3.27. The summed E-state index contributed by atoms with van der Waals surface area (Å²) in [5.41, 5.74) is 1.71. The molecule has 1 aliphatic carbocycles. The van der Waals surface area contributed by atoms with Gasteiger partial charge in [-0.25, -0.2) is 4.39 Å². The zero-order chi connectivity index (χ0) is 13.3. The van der Waals surface area contributed by atoms with Crippen LogP contribution in [0, 0.1) is 5.82 Å². The molecule has 1 saturated carbocycles. The van der Waals surface area contributed by atoms with E-state index < -0.39 is 5.82 Å². The van der Waals surface area contributed by atoms with E-state index in [9.17, 15) is 9.18 Å². The summed E-state index contributed by atoms with van der Waals surface area (Å²) in [5, 5.41) is 5.87. The van der Waals surface area contributed by atoms with Gasteiger partial charge in [0, 0.05) is 18.7 Å². The van der Waals surface area contributed by atoms with Gasteiger partial charge in [0.05, 0.1) is 10.7 Å². The van der Waals surface area contributed by atoms with Crippen molar-refractivity contribution in [3.05, 3.63) is 22.5 Å². The lowest BCUT2D eigenvalue weighted by atomic mass is 10.1. The summed E-state index contributed by atoms with van der Waals surface area (Å²) in [4.78, 5) is 11.0. The second kappa shape index (κ2) is 5.14. The van der Waals surface area contributed by atoms with E-state index in [4.69, 9.17) is 11.6 Å². The Morgan fingerprint density at radius 1 is 1.50 bits per heavy atom. The van der Waals surface area contributed by atoms with E-state index >= 15 is 0 Å². The van der Waals surface area contributed by atoms with E-state index in [-0.39, 0.29) is 16.6 Å². The number of hydrogen-bond donors (Lipinski definition) is 2. The first-order chi connectivity index (χ1) is 8.52. The minimum Gasteiger partial charge on any atom is -0.382 e. The number of carbonyl (C=O) groups excluding carboxylic acids is 1. The van der Waals surface area contributed by atoms with Crippen LogP contribution in [-0.4, -0.2) is 11.9 Å². The highest BCUT2D eigenvalue weighted by Crippen LogP contribution is 2.36. The highest BCUT2D eigenvalue weighted by Gasteiger charge is 2.24. The normalized spacial score (nSPS) is 14.4. The Balaban J connectivity index is 2.41. The first kappa shape index (κ1) is 13.1. The van der Waals surface area contributed by atoms with Gasteiger partial charge in [0.1, 0.15) is 0 Å². The fourth-order valence-corrected chi connectivity index (χ4v) is 2.20. The maximum atomic E-state index is 14.0. The van der Waals surface area contributed by atoms with Crippen LogP contribution in [0.4, 0.5) is 15.8 Å². The Hall–Kier alpha value is -1.29. The smallest absolute Gasteiger partial charge is 0.221 e. The number of halogens is 2. The lowest BCUT2D eigenvalue weighted by Crippen LogP contribution is -2.11. The predicted octanol–water partition coefficient (Wildman–Crippen LogP) is 3.57. The van der Waals surface area contributed by atoms with E-state index in [0.29, 0.717) is 12.5 Å². The lowest BCUT2D eigenvalue weighted by Gasteiger charge is -2.16. The Labute approximate surface area is 111 Å². The second-order valence-electron chi connectivity index (χ2n) is 4.53. The molecule has 1 amide bonds. The molecule has 5 heteroatoms. The SMILES string of the molecule is CCc1c(NC2CC2)cc(NC(C)=O)c(F)c1Cl. The monoisotopic (exact) mass is 270 g/mol. The number of anilines is 2. The quantitative estimate of drug-likeness (QED) is 0.878. The minimum absolute atomic E-state index is 0.0897. The number of hydrogen-bond acceptors (Lipinski definition) is 2. The van der Waals surface area contributed by atoms with E-state index in [0.717, 1.165) is 24.1 Å². The molecule has 0 radical (unpaired) electrons. The van der Waals surface area contributed by atoms with Crippen molar-refractivity contribution in [1.29, 1.82) is 0 Å². The maximum absolute atomic E-state index is 14.0. The zero-order valence-corrected chi connectivity index (χ0v) is 11.2. The predicted molar refractivity (Wildman–Crippen MR) is 71.7 cm³/mol. The molecule has 2 N–H and O–H groups in total. The van der Waals surface area contributed by atoms with Crippen molar-refractivity contribution in [2.45, 2.75) is 39.2 Å². The molecule has 2 rings (SSSR count). The van der Waals surface area contributed by atoms with Crippen molar-refractivity contribution in [2.75, 3.05) is 10.6 Å². The first-order valence-corrected chi connectivity index (χ1v) is 6.45. The molecule has 0 saturated heterocycles. The highest BCUT2D eigenvalue weighted by molar-refractivity contribution is 6.32. The van der Waals surface area contributed by atoms with Crippen molar-refractivity contribution >= 4 is 28.9 Å². The summed E-state index contributed by atoms with van der Waals surface area (Å²) >= 11 is 6.02. The molecule has 98 valence electrons. The van der Waals surface area contributed by atoms with E-state index in [2.05, 4.69) is 10.6 Å². The number of nitrogens with one attached hydrogen (secondary N) is 2. The fraction of sp³-hybridized carbons (Fsp3) is 0.462. The second-order valence-corrected chi connectivity index (χ2v) is 4.91. The molecule has 0 atom stereocenters. The van der Waals surface area contributed by atoms with Gasteiger partial charge in [0.25, 0.3) is 0 Å². The number of carbonyl (C=O) groups is 1. The van der Waals surface area contributed by atoms with E-state index in [1.807, 2.05) is 6.92 Å². The Bertz CT molecular complexity index is 486. The summed E-state index contributed by atoms with van der Waals surface area (Å²) in [6, 6.07) is 2.07. The van der Waals surface area contributed by atoms with Gasteiger partial charge in [-0.05, 0) is 30.9 Å². The number of rotatable bonds is 4. The van der Waals surface area contributed by atoms with Crippen LogP contribution in [0.2, 0.25) is 5.02 Å². The molecule has 0 spiro atoms. The highest BCUT2D eigenvalue weighted by atomic mass is 35.5. The van der Waals surface area contributed by atoms with Crippen molar-refractivity contribution < 1.29 is 9.18 Å². The molecule has 0 bridgehead atoms. The minimum atomic E-state index is -0.565. The molecule has 18 heavy (non-hydrogen) atoms. The standard InChI is InChI=1S/C13H16ClFN2O/c1-3-9-10(17-8-4-5-8)6-11(16-7(2)18)13(15)12(9)14/h6,8,17H,3-5H2,1-2H3,(H,16,18). The van der Waals surface area contributed by atoms with Crippen LogP contribution in [0.25, 0.3) is 0 Å². The summed E-state index contributed by atoms with van der Waals surface area (Å²) in [6.07, 6.45) is 2.88. The van der Waals surface area contributed by atoms with Gasteiger partial charge < -0.3 is 10.6 Å². The largest absolute Gasteiger partial charge is 0.382 e. The van der Waals surface area contributed by atoms with Crippen LogP contribution in [0.15, 0.2) is 6.07 Å². The fourth-order valence-electron chi connectivity index (χ4n) is 1.87. The van der Waals surface area contributed by atoms with Gasteiger partial charge in [0.15, 0.2) is 5.82 Å². The summed E-state index contributed by atoms with van der Waals surface area (Å²) < 4.78 is 14.0. The number of benzene rings is 1. The lowest BCUT2D eigenvalue weighted by molar-refractivity contribution is -0.114. The average Bonchev–Trinajstić information content (AvgIpc) is 3.09. The molecule has 0 aromatic heterocycles. The Morgan fingerprint density at radius 3 is 2.67 bits per heavy atom.